The van der Waals surface area contributed by atoms with Crippen molar-refractivity contribution in [1.29, 1.82) is 0 Å². The van der Waals surface area contributed by atoms with Gasteiger partial charge < -0.3 is 15.4 Å². The normalized spacial score (nSPS) is 17.6. The van der Waals surface area contributed by atoms with Crippen LogP contribution in [-0.4, -0.2) is 75.8 Å². The van der Waals surface area contributed by atoms with E-state index in [0.717, 1.165) is 42.1 Å². The summed E-state index contributed by atoms with van der Waals surface area (Å²) in [6, 6.07) is 14.5. The van der Waals surface area contributed by atoms with Crippen molar-refractivity contribution in [3.8, 4) is 28.1 Å². The number of pyridine rings is 3. The molecule has 0 spiro atoms. The standard InChI is InChI=1S/C33H33ClN8O4S/c1-47(44,45)41-14-9-25(10-15-41)42-31-23(16-28(32(42)43)30-29(34)17-22(18-37-30)21-6-11-35-12-7-21)19-38-33(40-31)39-24-2-4-26(5-3-24)46-27-8-13-36-20-27/h2-7,11-12,16-19,25,27,36H,8-10,13-15,20H2,1H3,(H,38,39,40). The fourth-order valence-electron chi connectivity index (χ4n) is 6.13. The molecular formula is C33H33ClN8O4S. The number of ether oxygens (including phenoxy) is 1. The van der Waals surface area contributed by atoms with E-state index in [-0.39, 0.29) is 17.7 Å². The number of anilines is 2. The molecule has 0 amide bonds. The first-order valence-corrected chi connectivity index (χ1v) is 17.6. The molecule has 242 valence electrons. The first kappa shape index (κ1) is 31.2. The first-order chi connectivity index (χ1) is 22.7. The van der Waals surface area contributed by atoms with Gasteiger partial charge in [-0.2, -0.15) is 4.98 Å². The van der Waals surface area contributed by atoms with Gasteiger partial charge in [0.15, 0.2) is 0 Å². The Bertz CT molecular complexity index is 2080. The van der Waals surface area contributed by atoms with Gasteiger partial charge in [0.1, 0.15) is 17.5 Å². The van der Waals surface area contributed by atoms with E-state index in [1.54, 1.807) is 41.5 Å². The number of piperidine rings is 1. The smallest absolute Gasteiger partial charge is 0.261 e. The molecule has 0 radical (unpaired) electrons. The van der Waals surface area contributed by atoms with Crippen LogP contribution in [0.2, 0.25) is 5.02 Å². The summed E-state index contributed by atoms with van der Waals surface area (Å²) in [5.74, 6) is 1.10. The van der Waals surface area contributed by atoms with E-state index in [1.807, 2.05) is 36.4 Å². The van der Waals surface area contributed by atoms with E-state index >= 15 is 0 Å². The zero-order chi connectivity index (χ0) is 32.5. The highest BCUT2D eigenvalue weighted by molar-refractivity contribution is 7.88. The van der Waals surface area contributed by atoms with Crippen molar-refractivity contribution in [3.63, 3.8) is 0 Å². The lowest BCUT2D eigenvalue weighted by atomic mass is 10.0. The molecule has 47 heavy (non-hydrogen) atoms. The van der Waals surface area contributed by atoms with Gasteiger partial charge in [-0.15, -0.1) is 0 Å². The van der Waals surface area contributed by atoms with Crippen LogP contribution in [0.25, 0.3) is 33.4 Å². The molecule has 2 fully saturated rings. The van der Waals surface area contributed by atoms with Crippen molar-refractivity contribution >= 4 is 44.3 Å². The predicted molar refractivity (Wildman–Crippen MR) is 182 cm³/mol. The molecule has 4 aromatic heterocycles. The summed E-state index contributed by atoms with van der Waals surface area (Å²) in [6.45, 7) is 2.38. The van der Waals surface area contributed by atoms with Gasteiger partial charge in [-0.25, -0.2) is 17.7 Å². The largest absolute Gasteiger partial charge is 0.489 e. The second-order valence-corrected chi connectivity index (χ2v) is 14.2. The second kappa shape index (κ2) is 13.0. The van der Waals surface area contributed by atoms with Crippen LogP contribution in [-0.2, 0) is 10.0 Å². The van der Waals surface area contributed by atoms with Crippen LogP contribution in [0.15, 0.2) is 78.1 Å². The SMILES string of the molecule is CS(=O)(=O)N1CCC(n2c(=O)c(-c3ncc(-c4ccncc4)cc3Cl)cc3cnc(Nc4ccc(OC5CCNC5)cc4)nc32)CC1. The monoisotopic (exact) mass is 672 g/mol. The van der Waals surface area contributed by atoms with Crippen LogP contribution in [0.4, 0.5) is 11.6 Å². The van der Waals surface area contributed by atoms with Crippen molar-refractivity contribution in [3.05, 3.63) is 88.7 Å². The number of sulfonamides is 1. The Morgan fingerprint density at radius 2 is 1.74 bits per heavy atom. The Hall–Kier alpha value is -4.43. The molecule has 0 aliphatic carbocycles. The third kappa shape index (κ3) is 6.70. The molecular weight excluding hydrogens is 640 g/mol. The molecule has 14 heteroatoms. The maximum atomic E-state index is 14.3. The fourth-order valence-corrected chi connectivity index (χ4v) is 7.27. The lowest BCUT2D eigenvalue weighted by Gasteiger charge is -2.32. The maximum Gasteiger partial charge on any atom is 0.261 e. The lowest BCUT2D eigenvalue weighted by Crippen LogP contribution is -2.40. The minimum atomic E-state index is -3.35. The van der Waals surface area contributed by atoms with Crippen molar-refractivity contribution in [2.24, 2.45) is 0 Å². The number of hydrogen-bond donors (Lipinski definition) is 2. The van der Waals surface area contributed by atoms with E-state index < -0.39 is 10.0 Å². The molecule has 1 unspecified atom stereocenters. The molecule has 2 aliphatic rings. The third-order valence-corrected chi connectivity index (χ3v) is 10.2. The van der Waals surface area contributed by atoms with E-state index in [4.69, 9.17) is 21.3 Å². The summed E-state index contributed by atoms with van der Waals surface area (Å²) in [4.78, 5) is 32.4. The predicted octanol–water partition coefficient (Wildman–Crippen LogP) is 4.65. The van der Waals surface area contributed by atoms with Crippen molar-refractivity contribution in [2.75, 3.05) is 37.8 Å². The Morgan fingerprint density at radius 3 is 2.43 bits per heavy atom. The summed E-state index contributed by atoms with van der Waals surface area (Å²) >= 11 is 6.77. The minimum Gasteiger partial charge on any atom is -0.489 e. The van der Waals surface area contributed by atoms with Crippen LogP contribution in [0, 0.1) is 0 Å². The topological polar surface area (TPSA) is 144 Å². The molecule has 2 aliphatic heterocycles. The van der Waals surface area contributed by atoms with Gasteiger partial charge in [0.05, 0.1) is 22.5 Å². The quantitative estimate of drug-likeness (QED) is 0.239. The number of aromatic nitrogens is 5. The molecule has 0 bridgehead atoms. The zero-order valence-electron chi connectivity index (χ0n) is 25.6. The summed E-state index contributed by atoms with van der Waals surface area (Å²) in [7, 11) is -3.35. The van der Waals surface area contributed by atoms with Gasteiger partial charge in [-0.3, -0.25) is 19.3 Å². The van der Waals surface area contributed by atoms with Gasteiger partial charge in [0.25, 0.3) is 5.56 Å². The third-order valence-electron chi connectivity index (χ3n) is 8.57. The van der Waals surface area contributed by atoms with E-state index in [1.165, 1.54) is 10.6 Å². The first-order valence-electron chi connectivity index (χ1n) is 15.4. The van der Waals surface area contributed by atoms with Gasteiger partial charge >= 0.3 is 0 Å². The molecule has 6 heterocycles. The Kier molecular flexibility index (Phi) is 8.62. The van der Waals surface area contributed by atoms with Crippen molar-refractivity contribution in [2.45, 2.75) is 31.4 Å². The number of nitrogens with zero attached hydrogens (tertiary/aromatic N) is 6. The average Bonchev–Trinajstić information content (AvgIpc) is 3.59. The molecule has 2 N–H and O–H groups in total. The zero-order valence-corrected chi connectivity index (χ0v) is 27.2. The van der Waals surface area contributed by atoms with Crippen LogP contribution in [0.1, 0.15) is 25.3 Å². The number of halogens is 1. The summed E-state index contributed by atoms with van der Waals surface area (Å²) in [5.41, 5.74) is 3.24. The number of hydrogen-bond acceptors (Lipinski definition) is 10. The highest BCUT2D eigenvalue weighted by Crippen LogP contribution is 2.32. The molecule has 7 rings (SSSR count). The number of rotatable bonds is 8. The van der Waals surface area contributed by atoms with Crippen molar-refractivity contribution in [1.82, 2.24) is 34.1 Å². The van der Waals surface area contributed by atoms with Gasteiger partial charge in [-0.1, -0.05) is 11.6 Å². The molecule has 0 saturated carbocycles. The van der Waals surface area contributed by atoms with E-state index in [2.05, 4.69) is 25.6 Å². The van der Waals surface area contributed by atoms with E-state index in [9.17, 15) is 13.2 Å². The molecule has 1 aromatic carbocycles. The fraction of sp³-hybridized carbons (Fsp3) is 0.303. The molecule has 1 atom stereocenters. The average molecular weight is 673 g/mol. The highest BCUT2D eigenvalue weighted by Gasteiger charge is 2.29. The lowest BCUT2D eigenvalue weighted by molar-refractivity contribution is 0.223. The number of nitrogens with one attached hydrogen (secondary N) is 2. The van der Waals surface area contributed by atoms with Crippen LogP contribution in [0.3, 0.4) is 0 Å². The Balaban J connectivity index is 1.25. The Morgan fingerprint density at radius 1 is 0.979 bits per heavy atom. The molecule has 2 saturated heterocycles. The van der Waals surface area contributed by atoms with Crippen molar-refractivity contribution < 1.29 is 13.2 Å². The maximum absolute atomic E-state index is 14.3. The van der Waals surface area contributed by atoms with Gasteiger partial charge in [0.2, 0.25) is 16.0 Å². The summed E-state index contributed by atoms with van der Waals surface area (Å²) < 4.78 is 33.6. The van der Waals surface area contributed by atoms with Crippen LogP contribution < -0.4 is 20.9 Å². The minimum absolute atomic E-state index is 0.160. The van der Waals surface area contributed by atoms with Gasteiger partial charge in [0, 0.05) is 67.1 Å². The molecule has 5 aromatic rings. The summed E-state index contributed by atoms with van der Waals surface area (Å²) in [6.07, 6.45) is 9.95. The number of benzene rings is 1. The van der Waals surface area contributed by atoms with Crippen LogP contribution in [0.5, 0.6) is 5.75 Å². The molecule has 12 nitrogen and oxygen atoms in total. The van der Waals surface area contributed by atoms with E-state index in [0.29, 0.717) is 59.2 Å². The Labute approximate surface area is 276 Å². The highest BCUT2D eigenvalue weighted by atomic mass is 35.5. The summed E-state index contributed by atoms with van der Waals surface area (Å²) in [5, 5.41) is 7.49. The van der Waals surface area contributed by atoms with Crippen LogP contribution >= 0.6 is 11.6 Å². The number of fused-ring (bicyclic) bond motifs is 1. The second-order valence-electron chi connectivity index (χ2n) is 11.8. The van der Waals surface area contributed by atoms with Gasteiger partial charge in [-0.05, 0) is 79.9 Å².